The number of carbonyl (C=O) groups is 4. The fraction of sp³-hybridized carbons (Fsp3) is 0.890. The number of phosphoric acid groups is 2. The predicted molar refractivity (Wildman–Crippen MR) is 372 cm³/mol. The van der Waals surface area contributed by atoms with Gasteiger partial charge in [0.1, 0.15) is 19.3 Å². The van der Waals surface area contributed by atoms with Gasteiger partial charge in [0.15, 0.2) is 12.2 Å². The van der Waals surface area contributed by atoms with Crippen LogP contribution in [0, 0.1) is 0 Å². The highest BCUT2D eigenvalue weighted by atomic mass is 31.2. The van der Waals surface area contributed by atoms with Gasteiger partial charge in [0.05, 0.1) is 26.4 Å². The molecule has 0 aromatic rings. The molecule has 0 bridgehead atoms. The summed E-state index contributed by atoms with van der Waals surface area (Å²) in [5, 5.41) is 10.6. The van der Waals surface area contributed by atoms with E-state index in [-0.39, 0.29) is 25.7 Å². The van der Waals surface area contributed by atoms with Crippen LogP contribution < -0.4 is 0 Å². The van der Waals surface area contributed by atoms with E-state index in [0.717, 1.165) is 122 Å². The van der Waals surface area contributed by atoms with E-state index < -0.39 is 97.5 Å². The zero-order chi connectivity index (χ0) is 67.5. The van der Waals surface area contributed by atoms with Crippen LogP contribution in [0.4, 0.5) is 0 Å². The summed E-state index contributed by atoms with van der Waals surface area (Å²) in [5.41, 5.74) is 0. The molecular weight excluding hydrogens is 1210 g/mol. The van der Waals surface area contributed by atoms with Crippen molar-refractivity contribution >= 4 is 39.5 Å². The third kappa shape index (κ3) is 66.2. The van der Waals surface area contributed by atoms with Crippen LogP contribution >= 0.6 is 15.6 Å². The molecule has 0 aromatic heterocycles. The summed E-state index contributed by atoms with van der Waals surface area (Å²) in [7, 11) is -9.92. The molecule has 5 unspecified atom stereocenters. The first-order valence-electron chi connectivity index (χ1n) is 37.6. The monoisotopic (exact) mass is 1350 g/mol. The lowest BCUT2D eigenvalue weighted by molar-refractivity contribution is -0.161. The van der Waals surface area contributed by atoms with Crippen molar-refractivity contribution in [1.82, 2.24) is 0 Å². The second-order valence-corrected chi connectivity index (χ2v) is 28.5. The number of hydrogen-bond donors (Lipinski definition) is 3. The highest BCUT2D eigenvalue weighted by Crippen LogP contribution is 2.45. The second-order valence-electron chi connectivity index (χ2n) is 25.6. The summed E-state index contributed by atoms with van der Waals surface area (Å²) in [4.78, 5) is 72.6. The Hall–Kier alpha value is -2.46. The topological polar surface area (TPSA) is 237 Å². The van der Waals surface area contributed by atoms with Gasteiger partial charge in [-0.1, -0.05) is 283 Å². The van der Waals surface area contributed by atoms with E-state index in [9.17, 15) is 43.2 Å². The molecule has 0 heterocycles. The summed E-state index contributed by atoms with van der Waals surface area (Å²) in [5.74, 6) is -2.15. The summed E-state index contributed by atoms with van der Waals surface area (Å²) >= 11 is 0. The molecule has 0 rings (SSSR count). The van der Waals surface area contributed by atoms with E-state index >= 15 is 0 Å². The minimum atomic E-state index is -4.96. The highest BCUT2D eigenvalue weighted by molar-refractivity contribution is 7.47. The molecule has 0 radical (unpaired) electrons. The van der Waals surface area contributed by atoms with Crippen LogP contribution in [0.1, 0.15) is 362 Å². The number of aliphatic hydroxyl groups is 1. The molecule has 0 amide bonds. The van der Waals surface area contributed by atoms with Crippen molar-refractivity contribution < 1.29 is 80.2 Å². The predicted octanol–water partition coefficient (Wildman–Crippen LogP) is 21.0. The van der Waals surface area contributed by atoms with E-state index in [1.54, 1.807) is 0 Å². The van der Waals surface area contributed by atoms with Gasteiger partial charge in [-0.25, -0.2) is 9.13 Å². The van der Waals surface area contributed by atoms with Gasteiger partial charge in [-0.05, 0) is 77.0 Å². The van der Waals surface area contributed by atoms with Gasteiger partial charge in [-0.15, -0.1) is 0 Å². The van der Waals surface area contributed by atoms with Crippen LogP contribution in [-0.4, -0.2) is 96.7 Å². The molecule has 3 N–H and O–H groups in total. The first-order valence-corrected chi connectivity index (χ1v) is 40.6. The van der Waals surface area contributed by atoms with E-state index in [4.69, 9.17) is 37.0 Å². The third-order valence-corrected chi connectivity index (χ3v) is 18.3. The fourth-order valence-electron chi connectivity index (χ4n) is 10.6. The zero-order valence-electron chi connectivity index (χ0n) is 59.0. The highest BCUT2D eigenvalue weighted by Gasteiger charge is 2.30. The van der Waals surface area contributed by atoms with Crippen LogP contribution in [0.25, 0.3) is 0 Å². The first kappa shape index (κ1) is 89.5. The maximum absolute atomic E-state index is 13.0. The Kier molecular flexibility index (Phi) is 65.3. The van der Waals surface area contributed by atoms with Gasteiger partial charge in [-0.3, -0.25) is 37.3 Å². The molecule has 0 spiro atoms. The van der Waals surface area contributed by atoms with Gasteiger partial charge >= 0.3 is 39.5 Å². The van der Waals surface area contributed by atoms with Crippen molar-refractivity contribution in [2.45, 2.75) is 380 Å². The summed E-state index contributed by atoms with van der Waals surface area (Å²) < 4.78 is 68.3. The van der Waals surface area contributed by atoms with Crippen molar-refractivity contribution in [3.8, 4) is 0 Å². The zero-order valence-corrected chi connectivity index (χ0v) is 60.8. The van der Waals surface area contributed by atoms with Crippen LogP contribution in [0.3, 0.4) is 0 Å². The molecule has 0 aliphatic rings. The van der Waals surface area contributed by atoms with Crippen LogP contribution in [0.15, 0.2) is 24.3 Å². The summed E-state index contributed by atoms with van der Waals surface area (Å²) in [6.45, 7) is 4.90. The van der Waals surface area contributed by atoms with E-state index in [1.165, 1.54) is 161 Å². The van der Waals surface area contributed by atoms with Crippen LogP contribution in [-0.2, 0) is 65.4 Å². The Balaban J connectivity index is 5.28. The molecule has 0 aliphatic heterocycles. The SMILES string of the molecule is CCCCCC/C=C\CCCCCCCC(=O)OC(COC(=O)CCCCCCC/C=C\CCCCCCCC)COP(=O)(O)OCC(O)COP(=O)(O)OCC(COC(=O)CCCCCCCCCCCCCCC)OC(=O)CCCCCCCCCCCCC. The summed E-state index contributed by atoms with van der Waals surface area (Å²) in [6, 6.07) is 0. The van der Waals surface area contributed by atoms with Crippen molar-refractivity contribution in [1.29, 1.82) is 0 Å². The minimum Gasteiger partial charge on any atom is -0.462 e. The molecule has 92 heavy (non-hydrogen) atoms. The van der Waals surface area contributed by atoms with Gasteiger partial charge in [-0.2, -0.15) is 0 Å². The Morgan fingerprint density at radius 3 is 0.761 bits per heavy atom. The Morgan fingerprint density at radius 1 is 0.293 bits per heavy atom. The molecule has 17 nitrogen and oxygen atoms in total. The Labute approximate surface area is 561 Å². The van der Waals surface area contributed by atoms with Crippen molar-refractivity contribution in [3.63, 3.8) is 0 Å². The third-order valence-electron chi connectivity index (χ3n) is 16.4. The molecule has 542 valence electrons. The molecule has 0 fully saturated rings. The number of unbranched alkanes of at least 4 members (excludes halogenated alkanes) is 42. The lowest BCUT2D eigenvalue weighted by Gasteiger charge is -2.21. The number of phosphoric ester groups is 2. The number of carbonyl (C=O) groups excluding carboxylic acids is 4. The minimum absolute atomic E-state index is 0.0905. The van der Waals surface area contributed by atoms with E-state index in [1.807, 2.05) is 0 Å². The smallest absolute Gasteiger partial charge is 0.462 e. The molecule has 0 aromatic carbocycles. The van der Waals surface area contributed by atoms with Gasteiger partial charge in [0.25, 0.3) is 0 Å². The van der Waals surface area contributed by atoms with Gasteiger partial charge < -0.3 is 33.8 Å². The van der Waals surface area contributed by atoms with E-state index in [2.05, 4.69) is 52.0 Å². The lowest BCUT2D eigenvalue weighted by Crippen LogP contribution is -2.30. The maximum Gasteiger partial charge on any atom is 0.472 e. The standard InChI is InChI=1S/C73H138O17P2/c1-5-9-13-17-21-25-29-32-33-36-39-42-46-50-54-58-71(76)84-64-69(90-73(78)60-56-52-48-44-40-35-31-27-23-19-15-11-7-3)66-88-92(81,82)86-62-67(74)61-85-91(79,80)87-65-68(89-72(77)59-55-51-47-43-37-28-24-20-16-12-8-4)63-83-70(75)57-53-49-45-41-38-34-30-26-22-18-14-10-6-2/h27,31-33,67-69,74H,5-26,28-30,34-66H2,1-4H3,(H,79,80)(H,81,82)/b31-27-,33-32-. The van der Waals surface area contributed by atoms with Crippen LogP contribution in [0.5, 0.6) is 0 Å². The maximum atomic E-state index is 13.0. The first-order chi connectivity index (χ1) is 44.7. The molecular formula is C73H138O17P2. The average molecular weight is 1350 g/mol. The van der Waals surface area contributed by atoms with Crippen LogP contribution in [0.2, 0.25) is 0 Å². The van der Waals surface area contributed by atoms with E-state index in [0.29, 0.717) is 25.7 Å². The quantitative estimate of drug-likeness (QED) is 0.0169. The average Bonchev–Trinajstić information content (AvgIpc) is 1.82. The molecule has 5 atom stereocenters. The van der Waals surface area contributed by atoms with Crippen molar-refractivity contribution in [3.05, 3.63) is 24.3 Å². The Morgan fingerprint density at radius 2 is 0.500 bits per heavy atom. The second kappa shape index (κ2) is 67.1. The number of rotatable bonds is 72. The van der Waals surface area contributed by atoms with Gasteiger partial charge in [0, 0.05) is 25.7 Å². The largest absolute Gasteiger partial charge is 0.472 e. The van der Waals surface area contributed by atoms with Crippen molar-refractivity contribution in [2.75, 3.05) is 39.6 Å². The fourth-order valence-corrected chi connectivity index (χ4v) is 12.2. The molecule has 0 aliphatic carbocycles. The number of aliphatic hydroxyl groups excluding tert-OH is 1. The van der Waals surface area contributed by atoms with Gasteiger partial charge in [0.2, 0.25) is 0 Å². The lowest BCUT2D eigenvalue weighted by atomic mass is 10.0. The number of ether oxygens (including phenoxy) is 4. The number of allylic oxidation sites excluding steroid dienone is 4. The normalized spacial score (nSPS) is 14.1. The molecule has 19 heteroatoms. The molecule has 0 saturated heterocycles. The summed E-state index contributed by atoms with van der Waals surface area (Å²) in [6.07, 6.45) is 58.9. The van der Waals surface area contributed by atoms with Crippen molar-refractivity contribution in [2.24, 2.45) is 0 Å². The molecule has 0 saturated carbocycles. The number of hydrogen-bond acceptors (Lipinski definition) is 15. The Bertz CT molecular complexity index is 1850. The number of esters is 4.